The number of amides is 1. The molecule has 1 amide bonds. The molecule has 100 valence electrons. The van der Waals surface area contributed by atoms with Crippen molar-refractivity contribution in [2.24, 2.45) is 0 Å². The van der Waals surface area contributed by atoms with E-state index in [-0.39, 0.29) is 11.4 Å². The number of carbonyl (C=O) groups is 1. The highest BCUT2D eigenvalue weighted by molar-refractivity contribution is 9.10. The minimum absolute atomic E-state index is 0.0949. The van der Waals surface area contributed by atoms with Crippen LogP contribution in [0.4, 0.5) is 10.1 Å². The SMILES string of the molecule is Cc1nc(C)c(C(=O)Nc2ccc(Br)c(C)c2F)o1. The zero-order valence-electron chi connectivity index (χ0n) is 10.7. The first-order valence-corrected chi connectivity index (χ1v) is 6.39. The number of carbonyl (C=O) groups excluding carboxylic acids is 1. The van der Waals surface area contributed by atoms with Crippen LogP contribution in [0.3, 0.4) is 0 Å². The van der Waals surface area contributed by atoms with E-state index in [1.165, 1.54) is 6.07 Å². The van der Waals surface area contributed by atoms with Gasteiger partial charge in [0.15, 0.2) is 11.7 Å². The average molecular weight is 327 g/mol. The Balaban J connectivity index is 2.29. The van der Waals surface area contributed by atoms with Gasteiger partial charge in [-0.1, -0.05) is 15.9 Å². The topological polar surface area (TPSA) is 55.1 Å². The van der Waals surface area contributed by atoms with Crippen molar-refractivity contribution in [3.8, 4) is 0 Å². The van der Waals surface area contributed by atoms with Gasteiger partial charge in [-0.25, -0.2) is 9.37 Å². The standard InChI is InChI=1S/C13H12BrFN2O2/c1-6-9(14)4-5-10(11(6)15)17-13(18)12-7(2)16-8(3)19-12/h4-5H,1-3H3,(H,17,18). The number of rotatable bonds is 2. The molecule has 1 heterocycles. The summed E-state index contributed by atoms with van der Waals surface area (Å²) in [6, 6.07) is 3.16. The minimum atomic E-state index is -0.515. The smallest absolute Gasteiger partial charge is 0.293 e. The van der Waals surface area contributed by atoms with Crippen molar-refractivity contribution in [1.29, 1.82) is 0 Å². The number of hydrogen-bond acceptors (Lipinski definition) is 3. The summed E-state index contributed by atoms with van der Waals surface area (Å²) < 4.78 is 19.8. The fourth-order valence-corrected chi connectivity index (χ4v) is 1.99. The normalized spacial score (nSPS) is 10.6. The summed E-state index contributed by atoms with van der Waals surface area (Å²) in [6.07, 6.45) is 0. The molecule has 2 aromatic rings. The predicted molar refractivity (Wildman–Crippen MR) is 72.8 cm³/mol. The molecule has 0 aliphatic carbocycles. The van der Waals surface area contributed by atoms with Gasteiger partial charge in [-0.2, -0.15) is 0 Å². The van der Waals surface area contributed by atoms with Crippen LogP contribution >= 0.6 is 15.9 Å². The van der Waals surface area contributed by atoms with Gasteiger partial charge in [-0.15, -0.1) is 0 Å². The molecule has 0 aliphatic heterocycles. The molecule has 2 rings (SSSR count). The Hall–Kier alpha value is -1.69. The Morgan fingerprint density at radius 2 is 2.05 bits per heavy atom. The van der Waals surface area contributed by atoms with Gasteiger partial charge in [0, 0.05) is 17.0 Å². The second-order valence-corrected chi connectivity index (χ2v) is 4.99. The van der Waals surface area contributed by atoms with Crippen molar-refractivity contribution < 1.29 is 13.6 Å². The van der Waals surface area contributed by atoms with Crippen molar-refractivity contribution in [1.82, 2.24) is 4.98 Å². The Labute approximate surface area is 118 Å². The maximum Gasteiger partial charge on any atom is 0.293 e. The molecule has 0 atom stereocenters. The molecular formula is C13H12BrFN2O2. The molecule has 1 N–H and O–H groups in total. The first-order valence-electron chi connectivity index (χ1n) is 5.60. The Morgan fingerprint density at radius 1 is 1.37 bits per heavy atom. The highest BCUT2D eigenvalue weighted by atomic mass is 79.9. The van der Waals surface area contributed by atoms with Crippen LogP contribution in [0.1, 0.15) is 27.7 Å². The first-order chi connectivity index (χ1) is 8.90. The molecule has 0 fully saturated rings. The molecule has 4 nitrogen and oxygen atoms in total. The number of halogens is 2. The summed E-state index contributed by atoms with van der Waals surface area (Å²) >= 11 is 3.23. The van der Waals surface area contributed by atoms with E-state index in [0.29, 0.717) is 21.6 Å². The molecular weight excluding hydrogens is 315 g/mol. The minimum Gasteiger partial charge on any atom is -0.436 e. The molecule has 0 saturated carbocycles. The Morgan fingerprint density at radius 3 is 2.63 bits per heavy atom. The van der Waals surface area contributed by atoms with E-state index in [1.807, 2.05) is 0 Å². The fraction of sp³-hybridized carbons (Fsp3) is 0.231. The highest BCUT2D eigenvalue weighted by Crippen LogP contribution is 2.25. The van der Waals surface area contributed by atoms with Gasteiger partial charge in [-0.3, -0.25) is 4.79 Å². The van der Waals surface area contributed by atoms with Gasteiger partial charge in [0.25, 0.3) is 5.91 Å². The number of hydrogen-bond donors (Lipinski definition) is 1. The third kappa shape index (κ3) is 2.68. The number of nitrogens with one attached hydrogen (secondary N) is 1. The van der Waals surface area contributed by atoms with Crippen molar-refractivity contribution in [2.45, 2.75) is 20.8 Å². The molecule has 0 saturated heterocycles. The largest absolute Gasteiger partial charge is 0.436 e. The van der Waals surface area contributed by atoms with Crippen molar-refractivity contribution >= 4 is 27.5 Å². The number of anilines is 1. The maximum atomic E-state index is 14.0. The van der Waals surface area contributed by atoms with Gasteiger partial charge in [-0.05, 0) is 26.0 Å². The third-order valence-corrected chi connectivity index (χ3v) is 3.54. The van der Waals surface area contributed by atoms with Gasteiger partial charge in [0.2, 0.25) is 5.76 Å². The van der Waals surface area contributed by atoms with E-state index < -0.39 is 11.7 Å². The zero-order chi connectivity index (χ0) is 14.2. The number of benzene rings is 1. The average Bonchev–Trinajstić information content (AvgIpc) is 2.69. The van der Waals surface area contributed by atoms with E-state index in [1.54, 1.807) is 26.8 Å². The molecule has 0 aliphatic rings. The lowest BCUT2D eigenvalue weighted by Crippen LogP contribution is -2.13. The third-order valence-electron chi connectivity index (χ3n) is 2.68. The van der Waals surface area contributed by atoms with Gasteiger partial charge >= 0.3 is 0 Å². The van der Waals surface area contributed by atoms with Gasteiger partial charge in [0.1, 0.15) is 0 Å². The van der Waals surface area contributed by atoms with Gasteiger partial charge in [0.05, 0.1) is 11.4 Å². The summed E-state index contributed by atoms with van der Waals surface area (Å²) in [5, 5.41) is 2.48. The molecule has 6 heteroatoms. The lowest BCUT2D eigenvalue weighted by Gasteiger charge is -2.08. The Bertz CT molecular complexity index is 652. The quantitative estimate of drug-likeness (QED) is 0.914. The number of nitrogens with zero attached hydrogens (tertiary/aromatic N) is 1. The van der Waals surface area contributed by atoms with Crippen molar-refractivity contribution in [3.63, 3.8) is 0 Å². The molecule has 0 radical (unpaired) electrons. The van der Waals surface area contributed by atoms with E-state index >= 15 is 0 Å². The highest BCUT2D eigenvalue weighted by Gasteiger charge is 2.18. The number of oxazole rings is 1. The number of aromatic nitrogens is 1. The first kappa shape index (κ1) is 13.7. The Kier molecular flexibility index (Phi) is 3.71. The summed E-state index contributed by atoms with van der Waals surface area (Å²) in [4.78, 5) is 16.0. The van der Waals surface area contributed by atoms with Crippen LogP contribution in [-0.2, 0) is 0 Å². The molecule has 1 aromatic heterocycles. The summed E-state index contributed by atoms with van der Waals surface area (Å²) in [5.41, 5.74) is 1.02. The summed E-state index contributed by atoms with van der Waals surface area (Å²) in [5.74, 6) is -0.497. The monoisotopic (exact) mass is 326 g/mol. The summed E-state index contributed by atoms with van der Waals surface area (Å²) in [6.45, 7) is 4.93. The van der Waals surface area contributed by atoms with E-state index in [9.17, 15) is 9.18 Å². The zero-order valence-corrected chi connectivity index (χ0v) is 12.3. The molecule has 0 spiro atoms. The lowest BCUT2D eigenvalue weighted by molar-refractivity contribution is 0.0994. The van der Waals surface area contributed by atoms with Crippen LogP contribution in [0.25, 0.3) is 0 Å². The molecule has 19 heavy (non-hydrogen) atoms. The van der Waals surface area contributed by atoms with Crippen LogP contribution in [0.15, 0.2) is 21.0 Å². The van der Waals surface area contributed by atoms with Crippen LogP contribution in [0, 0.1) is 26.6 Å². The fourth-order valence-electron chi connectivity index (χ4n) is 1.68. The van der Waals surface area contributed by atoms with E-state index in [2.05, 4.69) is 26.2 Å². The van der Waals surface area contributed by atoms with Crippen LogP contribution in [0.5, 0.6) is 0 Å². The van der Waals surface area contributed by atoms with Crippen molar-refractivity contribution in [2.75, 3.05) is 5.32 Å². The van der Waals surface area contributed by atoms with E-state index in [0.717, 1.165) is 0 Å². The van der Waals surface area contributed by atoms with Crippen LogP contribution in [-0.4, -0.2) is 10.9 Å². The molecule has 0 unspecified atom stereocenters. The molecule has 1 aromatic carbocycles. The van der Waals surface area contributed by atoms with Crippen LogP contribution in [0.2, 0.25) is 0 Å². The lowest BCUT2D eigenvalue weighted by atomic mass is 10.2. The molecule has 0 bridgehead atoms. The summed E-state index contributed by atoms with van der Waals surface area (Å²) in [7, 11) is 0. The van der Waals surface area contributed by atoms with Crippen molar-refractivity contribution in [3.05, 3.63) is 45.3 Å². The second-order valence-electron chi connectivity index (χ2n) is 4.14. The van der Waals surface area contributed by atoms with Gasteiger partial charge < -0.3 is 9.73 Å². The number of aryl methyl sites for hydroxylation is 2. The van der Waals surface area contributed by atoms with E-state index in [4.69, 9.17) is 4.42 Å². The van der Waals surface area contributed by atoms with Crippen LogP contribution < -0.4 is 5.32 Å². The second kappa shape index (κ2) is 5.13. The predicted octanol–water partition coefficient (Wildman–Crippen LogP) is 3.75. The maximum absolute atomic E-state index is 14.0.